The molecule has 20 heavy (non-hydrogen) atoms. The van der Waals surface area contributed by atoms with Crippen LogP contribution in [0.3, 0.4) is 0 Å². The second-order valence-corrected chi connectivity index (χ2v) is 5.06. The van der Waals surface area contributed by atoms with Crippen LogP contribution in [0.5, 0.6) is 5.75 Å². The van der Waals surface area contributed by atoms with Crippen molar-refractivity contribution in [3.63, 3.8) is 0 Å². The topological polar surface area (TPSA) is 35.2 Å². The van der Waals surface area contributed by atoms with Crippen LogP contribution in [0.25, 0.3) is 0 Å². The molecule has 0 fully saturated rings. The molecule has 0 aromatic heterocycles. The summed E-state index contributed by atoms with van der Waals surface area (Å²) in [6, 6.07) is 6.50. The first-order chi connectivity index (χ1) is 9.51. The Hall–Kier alpha value is -1.82. The fourth-order valence-corrected chi connectivity index (χ4v) is 2.56. The number of anilines is 1. The van der Waals surface area contributed by atoms with Crippen LogP contribution < -0.4 is 10.5 Å². The molecule has 2 N–H and O–H groups in total. The lowest BCUT2D eigenvalue weighted by molar-refractivity contribution is 0.386. The van der Waals surface area contributed by atoms with Crippen molar-refractivity contribution < 1.29 is 17.9 Å². The summed E-state index contributed by atoms with van der Waals surface area (Å²) >= 11 is 0.945. The molecule has 2 aromatic rings. The number of rotatable bonds is 4. The fourth-order valence-electron chi connectivity index (χ4n) is 1.67. The van der Waals surface area contributed by atoms with Gasteiger partial charge in [-0.2, -0.15) is 0 Å². The van der Waals surface area contributed by atoms with Gasteiger partial charge in [0.25, 0.3) is 0 Å². The van der Waals surface area contributed by atoms with E-state index in [-0.39, 0.29) is 22.1 Å². The van der Waals surface area contributed by atoms with E-state index >= 15 is 0 Å². The molecule has 0 aliphatic rings. The summed E-state index contributed by atoms with van der Waals surface area (Å²) in [4.78, 5) is -0.129. The Labute approximate surface area is 118 Å². The molecule has 0 bridgehead atoms. The van der Waals surface area contributed by atoms with Crippen LogP contribution in [0, 0.1) is 17.5 Å². The van der Waals surface area contributed by atoms with Crippen LogP contribution in [-0.2, 0) is 5.75 Å². The summed E-state index contributed by atoms with van der Waals surface area (Å²) in [5, 5.41) is 0. The lowest BCUT2D eigenvalue weighted by Gasteiger charge is -2.07. The van der Waals surface area contributed by atoms with Gasteiger partial charge in [-0.3, -0.25) is 0 Å². The Morgan fingerprint density at radius 2 is 1.70 bits per heavy atom. The number of hydrogen-bond acceptors (Lipinski definition) is 3. The lowest BCUT2D eigenvalue weighted by atomic mass is 10.2. The fraction of sp³-hybridized carbons (Fsp3) is 0.143. The van der Waals surface area contributed by atoms with Crippen molar-refractivity contribution in [3.05, 3.63) is 53.3 Å². The van der Waals surface area contributed by atoms with Gasteiger partial charge in [0.05, 0.1) is 12.0 Å². The second kappa shape index (κ2) is 6.09. The van der Waals surface area contributed by atoms with Crippen LogP contribution in [-0.4, -0.2) is 7.11 Å². The van der Waals surface area contributed by atoms with Crippen molar-refractivity contribution in [1.29, 1.82) is 0 Å². The SMILES string of the molecule is COc1ccc(CSc2c(F)cc(N)cc2F)cc1F. The zero-order chi connectivity index (χ0) is 14.7. The summed E-state index contributed by atoms with van der Waals surface area (Å²) in [6.45, 7) is 0. The van der Waals surface area contributed by atoms with Crippen molar-refractivity contribution in [1.82, 2.24) is 0 Å². The number of nitrogen functional groups attached to an aromatic ring is 1. The molecule has 106 valence electrons. The van der Waals surface area contributed by atoms with E-state index in [2.05, 4.69) is 0 Å². The third-order valence-electron chi connectivity index (χ3n) is 2.62. The summed E-state index contributed by atoms with van der Waals surface area (Å²) in [6.07, 6.45) is 0. The Balaban J connectivity index is 2.15. The monoisotopic (exact) mass is 299 g/mol. The van der Waals surface area contributed by atoms with Gasteiger partial charge in [0, 0.05) is 11.4 Å². The van der Waals surface area contributed by atoms with Crippen molar-refractivity contribution in [3.8, 4) is 5.75 Å². The highest BCUT2D eigenvalue weighted by molar-refractivity contribution is 7.98. The first kappa shape index (κ1) is 14.6. The summed E-state index contributed by atoms with van der Waals surface area (Å²) in [5.41, 5.74) is 5.96. The van der Waals surface area contributed by atoms with E-state index in [1.165, 1.54) is 19.2 Å². The van der Waals surface area contributed by atoms with E-state index < -0.39 is 17.5 Å². The number of nitrogens with two attached hydrogens (primary N) is 1. The number of ether oxygens (including phenoxy) is 1. The van der Waals surface area contributed by atoms with Gasteiger partial charge in [-0.1, -0.05) is 6.07 Å². The maximum atomic E-state index is 13.6. The third-order valence-corrected chi connectivity index (χ3v) is 3.78. The summed E-state index contributed by atoms with van der Waals surface area (Å²) < 4.78 is 45.4. The molecule has 6 heteroatoms. The largest absolute Gasteiger partial charge is 0.494 e. The van der Waals surface area contributed by atoms with Gasteiger partial charge in [0.1, 0.15) is 11.6 Å². The molecule has 0 unspecified atom stereocenters. The van der Waals surface area contributed by atoms with Crippen molar-refractivity contribution in [2.45, 2.75) is 10.6 Å². The number of halogens is 3. The van der Waals surface area contributed by atoms with Gasteiger partial charge in [-0.25, -0.2) is 13.2 Å². The Morgan fingerprint density at radius 1 is 1.05 bits per heavy atom. The maximum absolute atomic E-state index is 13.6. The van der Waals surface area contributed by atoms with Gasteiger partial charge < -0.3 is 10.5 Å². The molecule has 0 radical (unpaired) electrons. The molecule has 2 nitrogen and oxygen atoms in total. The molecule has 2 rings (SSSR count). The molecular formula is C14H12F3NOS. The second-order valence-electron chi connectivity index (χ2n) is 4.07. The van der Waals surface area contributed by atoms with Gasteiger partial charge in [0.2, 0.25) is 0 Å². The molecule has 2 aromatic carbocycles. The highest BCUT2D eigenvalue weighted by atomic mass is 32.2. The predicted octanol–water partition coefficient (Wildman–Crippen LogP) is 3.99. The van der Waals surface area contributed by atoms with Gasteiger partial charge in [-0.15, -0.1) is 11.8 Å². The number of methoxy groups -OCH3 is 1. The van der Waals surface area contributed by atoms with E-state index in [9.17, 15) is 13.2 Å². The van der Waals surface area contributed by atoms with Gasteiger partial charge >= 0.3 is 0 Å². The Kier molecular flexibility index (Phi) is 4.44. The minimum absolute atomic E-state index is 0.0276. The molecule has 0 saturated carbocycles. The Bertz CT molecular complexity index is 611. The minimum atomic E-state index is -0.721. The van der Waals surface area contributed by atoms with Crippen LogP contribution in [0.4, 0.5) is 18.9 Å². The molecule has 0 saturated heterocycles. The smallest absolute Gasteiger partial charge is 0.165 e. The number of thioether (sulfide) groups is 1. The van der Waals surface area contributed by atoms with Gasteiger partial charge in [-0.05, 0) is 29.8 Å². The third kappa shape index (κ3) is 3.19. The normalized spacial score (nSPS) is 10.6. The van der Waals surface area contributed by atoms with E-state index in [4.69, 9.17) is 10.5 Å². The summed E-state index contributed by atoms with van der Waals surface area (Å²) in [7, 11) is 1.37. The molecule has 0 spiro atoms. The maximum Gasteiger partial charge on any atom is 0.165 e. The highest BCUT2D eigenvalue weighted by Crippen LogP contribution is 2.30. The lowest BCUT2D eigenvalue weighted by Crippen LogP contribution is -1.94. The van der Waals surface area contributed by atoms with Crippen molar-refractivity contribution in [2.75, 3.05) is 12.8 Å². The van der Waals surface area contributed by atoms with Crippen LogP contribution in [0.15, 0.2) is 35.2 Å². The van der Waals surface area contributed by atoms with E-state index in [0.29, 0.717) is 5.56 Å². The quantitative estimate of drug-likeness (QED) is 0.685. The number of benzene rings is 2. The highest BCUT2D eigenvalue weighted by Gasteiger charge is 2.12. The predicted molar refractivity (Wildman–Crippen MR) is 73.3 cm³/mol. The zero-order valence-electron chi connectivity index (χ0n) is 10.6. The molecule has 0 atom stereocenters. The number of hydrogen-bond donors (Lipinski definition) is 1. The van der Waals surface area contributed by atoms with Crippen LogP contribution in [0.1, 0.15) is 5.56 Å². The molecule has 0 heterocycles. The molecule has 0 aliphatic carbocycles. The van der Waals surface area contributed by atoms with Gasteiger partial charge in [0.15, 0.2) is 11.6 Å². The average Bonchev–Trinajstić information content (AvgIpc) is 2.37. The van der Waals surface area contributed by atoms with E-state index in [1.54, 1.807) is 6.07 Å². The molecule has 0 aliphatic heterocycles. The molecular weight excluding hydrogens is 287 g/mol. The molecule has 0 amide bonds. The van der Waals surface area contributed by atoms with E-state index in [1.807, 2.05) is 0 Å². The van der Waals surface area contributed by atoms with E-state index in [0.717, 1.165) is 23.9 Å². The van der Waals surface area contributed by atoms with Crippen LogP contribution in [0.2, 0.25) is 0 Å². The summed E-state index contributed by atoms with van der Waals surface area (Å²) in [5.74, 6) is -1.59. The standard InChI is InChI=1S/C14H12F3NOS/c1-19-13-3-2-8(4-10(13)15)7-20-14-11(16)5-9(18)6-12(14)17/h2-6H,7,18H2,1H3. The minimum Gasteiger partial charge on any atom is -0.494 e. The first-order valence-corrected chi connectivity index (χ1v) is 6.69. The first-order valence-electron chi connectivity index (χ1n) is 5.71. The average molecular weight is 299 g/mol. The van der Waals surface area contributed by atoms with Crippen LogP contribution >= 0.6 is 11.8 Å². The zero-order valence-corrected chi connectivity index (χ0v) is 11.4. The van der Waals surface area contributed by atoms with Crippen molar-refractivity contribution in [2.24, 2.45) is 0 Å². The van der Waals surface area contributed by atoms with Crippen molar-refractivity contribution >= 4 is 17.4 Å². The Morgan fingerprint density at radius 3 is 2.25 bits per heavy atom.